The van der Waals surface area contributed by atoms with E-state index in [0.29, 0.717) is 0 Å². The second-order valence-electron chi connectivity index (χ2n) is 3.53. The van der Waals surface area contributed by atoms with E-state index in [1.165, 1.54) is 0 Å². The largest absolute Gasteiger partial charge is 0.446 e. The van der Waals surface area contributed by atoms with Gasteiger partial charge in [0.05, 0.1) is 5.69 Å². The predicted molar refractivity (Wildman–Crippen MR) is 52.1 cm³/mol. The fourth-order valence-corrected chi connectivity index (χ4v) is 1.61. The van der Waals surface area contributed by atoms with Crippen LogP contribution in [0.25, 0.3) is 0 Å². The molecule has 0 radical (unpaired) electrons. The molecule has 1 atom stereocenters. The molecular formula is C10H16N2O2. The molecule has 1 saturated heterocycles. The molecule has 78 valence electrons. The summed E-state index contributed by atoms with van der Waals surface area (Å²) in [6.45, 7) is 1.76. The van der Waals surface area contributed by atoms with Crippen LogP contribution in [0.15, 0.2) is 10.7 Å². The third-order valence-electron chi connectivity index (χ3n) is 2.41. The van der Waals surface area contributed by atoms with E-state index in [0.717, 1.165) is 44.0 Å². The van der Waals surface area contributed by atoms with Crippen LogP contribution < -0.4 is 5.32 Å². The van der Waals surface area contributed by atoms with Crippen LogP contribution in [0, 0.1) is 0 Å². The Morgan fingerprint density at radius 2 is 2.57 bits per heavy atom. The lowest BCUT2D eigenvalue weighted by molar-refractivity contribution is 0.0892. The Balaban J connectivity index is 1.94. The highest BCUT2D eigenvalue weighted by molar-refractivity contribution is 5.00. The molecule has 4 nitrogen and oxygen atoms in total. The van der Waals surface area contributed by atoms with E-state index in [4.69, 9.17) is 9.15 Å². The first-order valence-corrected chi connectivity index (χ1v) is 5.10. The van der Waals surface area contributed by atoms with Crippen molar-refractivity contribution in [2.75, 3.05) is 20.2 Å². The minimum Gasteiger partial charge on any atom is -0.446 e. The normalized spacial score (nSPS) is 21.6. The molecule has 14 heavy (non-hydrogen) atoms. The molecule has 1 aromatic rings. The Hall–Kier alpha value is -0.870. The van der Waals surface area contributed by atoms with E-state index in [2.05, 4.69) is 10.3 Å². The monoisotopic (exact) mass is 196 g/mol. The van der Waals surface area contributed by atoms with Gasteiger partial charge in [0.15, 0.2) is 0 Å². The van der Waals surface area contributed by atoms with Gasteiger partial charge < -0.3 is 14.5 Å². The van der Waals surface area contributed by atoms with Crippen LogP contribution in [0.4, 0.5) is 0 Å². The number of likely N-dealkylation sites (N-methyl/N-ethyl adjacent to an activating group) is 1. The fraction of sp³-hybridized carbons (Fsp3) is 0.700. The van der Waals surface area contributed by atoms with Gasteiger partial charge in [-0.25, -0.2) is 4.98 Å². The Bertz CT molecular complexity index is 279. The average molecular weight is 196 g/mol. The summed E-state index contributed by atoms with van der Waals surface area (Å²) in [5, 5.41) is 3.08. The van der Waals surface area contributed by atoms with Crippen molar-refractivity contribution in [3.8, 4) is 0 Å². The van der Waals surface area contributed by atoms with Crippen LogP contribution in [-0.2, 0) is 11.2 Å². The molecule has 2 heterocycles. The lowest BCUT2D eigenvalue weighted by atomic mass is 10.2. The molecule has 0 spiro atoms. The SMILES string of the molecule is CNCCc1coc(C2CCCO2)n1. The van der Waals surface area contributed by atoms with Crippen molar-refractivity contribution in [3.05, 3.63) is 17.8 Å². The highest BCUT2D eigenvalue weighted by Gasteiger charge is 2.22. The molecule has 1 aliphatic heterocycles. The van der Waals surface area contributed by atoms with E-state index in [1.54, 1.807) is 6.26 Å². The summed E-state index contributed by atoms with van der Waals surface area (Å²) in [4.78, 5) is 4.40. The fourth-order valence-electron chi connectivity index (χ4n) is 1.61. The number of rotatable bonds is 4. The first kappa shape index (κ1) is 9.68. The van der Waals surface area contributed by atoms with E-state index in [9.17, 15) is 0 Å². The van der Waals surface area contributed by atoms with Crippen molar-refractivity contribution in [1.82, 2.24) is 10.3 Å². The topological polar surface area (TPSA) is 47.3 Å². The average Bonchev–Trinajstić information content (AvgIpc) is 2.85. The van der Waals surface area contributed by atoms with Crippen molar-refractivity contribution in [1.29, 1.82) is 0 Å². The Morgan fingerprint density at radius 1 is 1.64 bits per heavy atom. The van der Waals surface area contributed by atoms with E-state index < -0.39 is 0 Å². The van der Waals surface area contributed by atoms with Crippen molar-refractivity contribution in [2.45, 2.75) is 25.4 Å². The van der Waals surface area contributed by atoms with Crippen LogP contribution in [0.1, 0.15) is 30.5 Å². The molecule has 1 aromatic heterocycles. The molecule has 1 aliphatic rings. The van der Waals surface area contributed by atoms with Gasteiger partial charge in [0.2, 0.25) is 5.89 Å². The standard InChI is InChI=1S/C10H16N2O2/c1-11-5-4-8-7-14-10(12-8)9-3-2-6-13-9/h7,9,11H,2-6H2,1H3. The van der Waals surface area contributed by atoms with Gasteiger partial charge in [-0.1, -0.05) is 0 Å². The lowest BCUT2D eigenvalue weighted by Crippen LogP contribution is -2.10. The minimum atomic E-state index is 0.0957. The molecule has 2 rings (SSSR count). The van der Waals surface area contributed by atoms with Gasteiger partial charge >= 0.3 is 0 Å². The highest BCUT2D eigenvalue weighted by Crippen LogP contribution is 2.27. The van der Waals surface area contributed by atoms with Crippen LogP contribution in [0.5, 0.6) is 0 Å². The molecule has 0 aromatic carbocycles. The quantitative estimate of drug-likeness (QED) is 0.788. The molecule has 0 saturated carbocycles. The van der Waals surface area contributed by atoms with Gasteiger partial charge in [-0.15, -0.1) is 0 Å². The summed E-state index contributed by atoms with van der Waals surface area (Å²) < 4.78 is 10.9. The molecule has 1 fully saturated rings. The number of oxazole rings is 1. The van der Waals surface area contributed by atoms with Crippen molar-refractivity contribution in [3.63, 3.8) is 0 Å². The maximum Gasteiger partial charge on any atom is 0.223 e. The Kier molecular flexibility index (Phi) is 3.16. The summed E-state index contributed by atoms with van der Waals surface area (Å²) >= 11 is 0. The molecule has 0 aliphatic carbocycles. The molecular weight excluding hydrogens is 180 g/mol. The number of hydrogen-bond donors (Lipinski definition) is 1. The van der Waals surface area contributed by atoms with E-state index >= 15 is 0 Å². The predicted octanol–water partition coefficient (Wildman–Crippen LogP) is 1.29. The first-order chi connectivity index (χ1) is 6.90. The smallest absolute Gasteiger partial charge is 0.223 e. The van der Waals surface area contributed by atoms with Gasteiger partial charge in [0, 0.05) is 19.6 Å². The molecule has 0 amide bonds. The zero-order chi connectivity index (χ0) is 9.80. The molecule has 0 bridgehead atoms. The van der Waals surface area contributed by atoms with Crippen LogP contribution in [0.2, 0.25) is 0 Å². The highest BCUT2D eigenvalue weighted by atomic mass is 16.5. The van der Waals surface area contributed by atoms with Gasteiger partial charge in [-0.2, -0.15) is 0 Å². The maximum absolute atomic E-state index is 5.48. The lowest BCUT2D eigenvalue weighted by Gasteiger charge is -2.01. The van der Waals surface area contributed by atoms with Crippen molar-refractivity contribution >= 4 is 0 Å². The second kappa shape index (κ2) is 4.57. The molecule has 1 unspecified atom stereocenters. The summed E-state index contributed by atoms with van der Waals surface area (Å²) in [7, 11) is 1.93. The minimum absolute atomic E-state index is 0.0957. The molecule has 4 heteroatoms. The van der Waals surface area contributed by atoms with E-state index in [-0.39, 0.29) is 6.10 Å². The van der Waals surface area contributed by atoms with Crippen LogP contribution in [0.3, 0.4) is 0 Å². The number of aromatic nitrogens is 1. The molecule has 1 N–H and O–H groups in total. The summed E-state index contributed by atoms with van der Waals surface area (Å²) in [6.07, 6.45) is 4.88. The maximum atomic E-state index is 5.48. The van der Waals surface area contributed by atoms with Crippen molar-refractivity contribution in [2.24, 2.45) is 0 Å². The van der Waals surface area contributed by atoms with Crippen LogP contribution >= 0.6 is 0 Å². The number of ether oxygens (including phenoxy) is 1. The van der Waals surface area contributed by atoms with Crippen molar-refractivity contribution < 1.29 is 9.15 Å². The third-order valence-corrected chi connectivity index (χ3v) is 2.41. The zero-order valence-electron chi connectivity index (χ0n) is 8.45. The van der Waals surface area contributed by atoms with Gasteiger partial charge in [-0.05, 0) is 19.9 Å². The van der Waals surface area contributed by atoms with Gasteiger partial charge in [0.25, 0.3) is 0 Å². The van der Waals surface area contributed by atoms with Gasteiger partial charge in [-0.3, -0.25) is 0 Å². The van der Waals surface area contributed by atoms with Gasteiger partial charge in [0.1, 0.15) is 12.4 Å². The van der Waals surface area contributed by atoms with Crippen LogP contribution in [-0.4, -0.2) is 25.2 Å². The summed E-state index contributed by atoms with van der Waals surface area (Å²) in [5.41, 5.74) is 1.00. The Morgan fingerprint density at radius 3 is 3.29 bits per heavy atom. The summed E-state index contributed by atoms with van der Waals surface area (Å²) in [5.74, 6) is 0.744. The first-order valence-electron chi connectivity index (χ1n) is 5.10. The Labute approximate surface area is 83.7 Å². The third kappa shape index (κ3) is 2.13. The number of nitrogens with zero attached hydrogens (tertiary/aromatic N) is 1. The number of nitrogens with one attached hydrogen (secondary N) is 1. The number of hydrogen-bond acceptors (Lipinski definition) is 4. The second-order valence-corrected chi connectivity index (χ2v) is 3.53. The summed E-state index contributed by atoms with van der Waals surface area (Å²) in [6, 6.07) is 0. The zero-order valence-corrected chi connectivity index (χ0v) is 8.45. The van der Waals surface area contributed by atoms with E-state index in [1.807, 2.05) is 7.05 Å².